The minimum Gasteiger partial charge on any atom is -0.363 e. The fourth-order valence-corrected chi connectivity index (χ4v) is 0.919. The predicted octanol–water partition coefficient (Wildman–Crippen LogP) is 1.66. The number of rotatable bonds is 4. The Balaban J connectivity index is 3.36. The molecule has 1 unspecified atom stereocenters. The van der Waals surface area contributed by atoms with Crippen LogP contribution in [0, 0.1) is 0 Å². The van der Waals surface area contributed by atoms with Crippen molar-refractivity contribution in [3.05, 3.63) is 0 Å². The molecule has 1 atom stereocenters. The van der Waals surface area contributed by atoms with E-state index in [9.17, 15) is 0 Å². The first-order chi connectivity index (χ1) is 5.20. The second-order valence-electron chi connectivity index (χ2n) is 2.71. The number of hydrogen-bond donors (Lipinski definition) is 2. The highest BCUT2D eigenvalue weighted by atomic mass is 32.1. The lowest BCUT2D eigenvalue weighted by Gasteiger charge is -2.14. The summed E-state index contributed by atoms with van der Waals surface area (Å²) in [6, 6.07) is 0.479. The summed E-state index contributed by atoms with van der Waals surface area (Å²) in [5, 5.41) is 7.08. The summed E-state index contributed by atoms with van der Waals surface area (Å²) in [6.07, 6.45) is 2.22. The lowest BCUT2D eigenvalue weighted by molar-refractivity contribution is 0.631. The minimum atomic E-state index is 0.479. The van der Waals surface area contributed by atoms with Gasteiger partial charge in [0.25, 0.3) is 0 Å². The molecular formula is C8H18N2S. The van der Waals surface area contributed by atoms with Crippen molar-refractivity contribution in [1.82, 2.24) is 10.6 Å². The summed E-state index contributed by atoms with van der Waals surface area (Å²) in [7, 11) is 0. The van der Waals surface area contributed by atoms with E-state index in [4.69, 9.17) is 12.2 Å². The predicted molar refractivity (Wildman–Crippen MR) is 53.8 cm³/mol. The Labute approximate surface area is 74.8 Å². The van der Waals surface area contributed by atoms with Crippen molar-refractivity contribution < 1.29 is 0 Å². The number of hydrogen-bond acceptors (Lipinski definition) is 1. The zero-order valence-corrected chi connectivity index (χ0v) is 8.42. The molecule has 0 aliphatic rings. The van der Waals surface area contributed by atoms with Crippen LogP contribution in [0.1, 0.15) is 33.6 Å². The second-order valence-corrected chi connectivity index (χ2v) is 3.12. The third-order valence-electron chi connectivity index (χ3n) is 1.53. The molecular weight excluding hydrogens is 156 g/mol. The SMILES string of the molecule is CCCNC(=S)NC(C)CC. The van der Waals surface area contributed by atoms with Crippen LogP contribution in [-0.2, 0) is 0 Å². The summed E-state index contributed by atoms with van der Waals surface area (Å²) < 4.78 is 0. The van der Waals surface area contributed by atoms with Gasteiger partial charge in [-0.15, -0.1) is 0 Å². The van der Waals surface area contributed by atoms with Gasteiger partial charge < -0.3 is 10.6 Å². The highest BCUT2D eigenvalue weighted by Gasteiger charge is 1.98. The first-order valence-corrected chi connectivity index (χ1v) is 4.65. The van der Waals surface area contributed by atoms with E-state index in [2.05, 4.69) is 31.4 Å². The quantitative estimate of drug-likeness (QED) is 0.634. The molecule has 0 saturated carbocycles. The van der Waals surface area contributed by atoms with Gasteiger partial charge in [0.05, 0.1) is 0 Å². The van der Waals surface area contributed by atoms with E-state index in [1.807, 2.05) is 0 Å². The summed E-state index contributed by atoms with van der Waals surface area (Å²) in [5.74, 6) is 0. The maximum Gasteiger partial charge on any atom is 0.166 e. The molecule has 0 rings (SSSR count). The highest BCUT2D eigenvalue weighted by Crippen LogP contribution is 1.86. The van der Waals surface area contributed by atoms with Gasteiger partial charge in [0, 0.05) is 12.6 Å². The summed E-state index contributed by atoms with van der Waals surface area (Å²) >= 11 is 5.04. The third kappa shape index (κ3) is 6.10. The minimum absolute atomic E-state index is 0.479. The Morgan fingerprint density at radius 2 is 2.09 bits per heavy atom. The molecule has 0 aromatic rings. The molecule has 2 nitrogen and oxygen atoms in total. The molecule has 0 radical (unpaired) electrons. The van der Waals surface area contributed by atoms with Gasteiger partial charge in [-0.3, -0.25) is 0 Å². The van der Waals surface area contributed by atoms with Crippen LogP contribution in [0.15, 0.2) is 0 Å². The average molecular weight is 174 g/mol. The summed E-state index contributed by atoms with van der Waals surface area (Å²) in [4.78, 5) is 0. The van der Waals surface area contributed by atoms with Gasteiger partial charge in [-0.2, -0.15) is 0 Å². The maximum atomic E-state index is 5.04. The monoisotopic (exact) mass is 174 g/mol. The first-order valence-electron chi connectivity index (χ1n) is 4.25. The molecule has 0 aromatic heterocycles. The molecule has 0 spiro atoms. The van der Waals surface area contributed by atoms with Gasteiger partial charge in [-0.25, -0.2) is 0 Å². The fraction of sp³-hybridized carbons (Fsp3) is 0.875. The van der Waals surface area contributed by atoms with E-state index >= 15 is 0 Å². The van der Waals surface area contributed by atoms with Crippen molar-refractivity contribution in [3.63, 3.8) is 0 Å². The van der Waals surface area contributed by atoms with Gasteiger partial charge in [0.15, 0.2) is 5.11 Å². The smallest absolute Gasteiger partial charge is 0.166 e. The summed E-state index contributed by atoms with van der Waals surface area (Å²) in [5.41, 5.74) is 0. The molecule has 2 N–H and O–H groups in total. The van der Waals surface area contributed by atoms with E-state index in [0.29, 0.717) is 6.04 Å². The molecule has 0 heterocycles. The Hall–Kier alpha value is -0.310. The van der Waals surface area contributed by atoms with Crippen LogP contribution in [0.25, 0.3) is 0 Å². The molecule has 0 bridgehead atoms. The Bertz CT molecular complexity index is 115. The first kappa shape index (κ1) is 10.7. The van der Waals surface area contributed by atoms with Crippen LogP contribution in [0.5, 0.6) is 0 Å². The normalized spacial score (nSPS) is 12.3. The molecule has 11 heavy (non-hydrogen) atoms. The largest absolute Gasteiger partial charge is 0.363 e. The zero-order chi connectivity index (χ0) is 8.69. The molecule has 66 valence electrons. The lowest BCUT2D eigenvalue weighted by Crippen LogP contribution is -2.40. The van der Waals surface area contributed by atoms with E-state index in [-0.39, 0.29) is 0 Å². The average Bonchev–Trinajstić information content (AvgIpc) is 2.00. The molecule has 0 amide bonds. The van der Waals surface area contributed by atoms with Gasteiger partial charge in [-0.05, 0) is 32.0 Å². The third-order valence-corrected chi connectivity index (χ3v) is 1.79. The van der Waals surface area contributed by atoms with E-state index < -0.39 is 0 Å². The van der Waals surface area contributed by atoms with Crippen LogP contribution in [-0.4, -0.2) is 17.7 Å². The van der Waals surface area contributed by atoms with Crippen LogP contribution < -0.4 is 10.6 Å². The van der Waals surface area contributed by atoms with Crippen molar-refractivity contribution in [3.8, 4) is 0 Å². The molecule has 0 aliphatic carbocycles. The van der Waals surface area contributed by atoms with Crippen molar-refractivity contribution in [2.45, 2.75) is 39.7 Å². The maximum absolute atomic E-state index is 5.04. The van der Waals surface area contributed by atoms with Gasteiger partial charge >= 0.3 is 0 Å². The Kier molecular flexibility index (Phi) is 6.22. The Morgan fingerprint density at radius 3 is 2.55 bits per heavy atom. The van der Waals surface area contributed by atoms with Gasteiger partial charge in [0.1, 0.15) is 0 Å². The molecule has 0 aliphatic heterocycles. The van der Waals surface area contributed by atoms with E-state index in [1.54, 1.807) is 0 Å². The number of nitrogens with one attached hydrogen (secondary N) is 2. The number of thiocarbonyl (C=S) groups is 1. The molecule has 3 heteroatoms. The molecule has 0 saturated heterocycles. The van der Waals surface area contributed by atoms with Crippen molar-refractivity contribution in [2.24, 2.45) is 0 Å². The van der Waals surface area contributed by atoms with Crippen LogP contribution in [0.4, 0.5) is 0 Å². The van der Waals surface area contributed by atoms with Crippen LogP contribution >= 0.6 is 12.2 Å². The highest BCUT2D eigenvalue weighted by molar-refractivity contribution is 7.80. The van der Waals surface area contributed by atoms with Crippen LogP contribution in [0.2, 0.25) is 0 Å². The van der Waals surface area contributed by atoms with Crippen molar-refractivity contribution in [1.29, 1.82) is 0 Å². The van der Waals surface area contributed by atoms with Gasteiger partial charge in [0.2, 0.25) is 0 Å². The molecule has 0 fully saturated rings. The lowest BCUT2D eigenvalue weighted by atomic mass is 10.3. The van der Waals surface area contributed by atoms with E-state index in [1.165, 1.54) is 0 Å². The zero-order valence-electron chi connectivity index (χ0n) is 7.61. The Morgan fingerprint density at radius 1 is 1.45 bits per heavy atom. The van der Waals surface area contributed by atoms with Crippen molar-refractivity contribution in [2.75, 3.05) is 6.54 Å². The van der Waals surface area contributed by atoms with Gasteiger partial charge in [-0.1, -0.05) is 13.8 Å². The molecule has 0 aromatic carbocycles. The topological polar surface area (TPSA) is 24.1 Å². The second kappa shape index (κ2) is 6.40. The van der Waals surface area contributed by atoms with Crippen LogP contribution in [0.3, 0.4) is 0 Å². The fourth-order valence-electron chi connectivity index (χ4n) is 0.615. The standard InChI is InChI=1S/C8H18N2S/c1-4-6-9-8(11)10-7(3)5-2/h7H,4-6H2,1-3H3,(H2,9,10,11). The van der Waals surface area contributed by atoms with Crippen molar-refractivity contribution >= 4 is 17.3 Å². The summed E-state index contributed by atoms with van der Waals surface area (Å²) in [6.45, 7) is 7.35. The van der Waals surface area contributed by atoms with E-state index in [0.717, 1.165) is 24.5 Å².